The van der Waals surface area contributed by atoms with Crippen molar-refractivity contribution < 1.29 is 32.5 Å². The minimum Gasteiger partial charge on any atom is -0.444 e. The summed E-state index contributed by atoms with van der Waals surface area (Å²) in [7, 11) is 0. The van der Waals surface area contributed by atoms with Gasteiger partial charge in [-0.15, -0.1) is 0 Å². The molecular weight excluding hydrogens is 412 g/mol. The smallest absolute Gasteiger partial charge is 0.407 e. The number of nitrogens with one attached hydrogen (secondary N) is 3. The van der Waals surface area contributed by atoms with Crippen molar-refractivity contribution in [3.63, 3.8) is 0 Å². The summed E-state index contributed by atoms with van der Waals surface area (Å²) in [5.41, 5.74) is -1.31. The molecule has 3 atom stereocenters. The Labute approximate surface area is 176 Å². The van der Waals surface area contributed by atoms with Gasteiger partial charge in [0, 0.05) is 19.4 Å². The van der Waals surface area contributed by atoms with Crippen LogP contribution in [0.4, 0.5) is 13.6 Å². The van der Waals surface area contributed by atoms with Gasteiger partial charge < -0.3 is 24.3 Å². The number of carbonyl (C=O) groups excluding carboxylic acids is 1. The van der Waals surface area contributed by atoms with Crippen molar-refractivity contribution in [1.29, 1.82) is 0 Å². The molecule has 8 nitrogen and oxygen atoms in total. The molecule has 0 radical (unpaired) electrons. The first-order valence-corrected chi connectivity index (χ1v) is 10.2. The highest BCUT2D eigenvalue weighted by atomic mass is 35.5. The molecule has 0 aromatic carbocycles. The monoisotopic (exact) mass is 445 g/mol. The summed E-state index contributed by atoms with van der Waals surface area (Å²) < 4.78 is 49.0. The Bertz CT molecular complexity index is 483. The number of ether oxygens (including phenoxy) is 4. The lowest BCUT2D eigenvalue weighted by molar-refractivity contribution is -0.0942. The molecule has 1 fully saturated rings. The van der Waals surface area contributed by atoms with E-state index in [4.69, 9.17) is 30.5 Å². The van der Waals surface area contributed by atoms with Gasteiger partial charge in [-0.1, -0.05) is 18.5 Å². The Balaban J connectivity index is 2.02. The second-order valence-corrected chi connectivity index (χ2v) is 8.05. The molecule has 29 heavy (non-hydrogen) atoms. The molecule has 0 aromatic rings. The van der Waals surface area contributed by atoms with Gasteiger partial charge >= 0.3 is 6.09 Å². The predicted molar refractivity (Wildman–Crippen MR) is 105 cm³/mol. The van der Waals surface area contributed by atoms with Crippen LogP contribution >= 0.6 is 11.6 Å². The van der Waals surface area contributed by atoms with Crippen LogP contribution in [0, 0.1) is 0 Å². The molecule has 0 saturated carbocycles. The Morgan fingerprint density at radius 3 is 2.34 bits per heavy atom. The Morgan fingerprint density at radius 2 is 1.72 bits per heavy atom. The number of carbonyl (C=O) groups is 1. The zero-order valence-electron chi connectivity index (χ0n) is 17.6. The summed E-state index contributed by atoms with van der Waals surface area (Å²) in [5, 5.41) is 8.08. The van der Waals surface area contributed by atoms with E-state index >= 15 is 0 Å². The third-order valence-corrected chi connectivity index (χ3v) is 4.20. The highest BCUT2D eigenvalue weighted by Gasteiger charge is 2.42. The lowest BCUT2D eigenvalue weighted by Crippen LogP contribution is -2.61. The number of alkyl halides is 3. The Kier molecular flexibility index (Phi) is 11.6. The van der Waals surface area contributed by atoms with E-state index in [1.165, 1.54) is 6.92 Å². The second-order valence-electron chi connectivity index (χ2n) is 7.61. The molecule has 1 rings (SSSR count). The van der Waals surface area contributed by atoms with Crippen LogP contribution in [0.15, 0.2) is 0 Å². The lowest BCUT2D eigenvalue weighted by atomic mass is 10.0. The largest absolute Gasteiger partial charge is 0.444 e. The van der Waals surface area contributed by atoms with Gasteiger partial charge in [-0.25, -0.2) is 13.6 Å². The van der Waals surface area contributed by atoms with Gasteiger partial charge in [-0.3, -0.25) is 10.6 Å². The number of hydrogen-bond acceptors (Lipinski definition) is 7. The third kappa shape index (κ3) is 11.9. The molecule has 3 unspecified atom stereocenters. The predicted octanol–water partition coefficient (Wildman–Crippen LogP) is 2.41. The topological polar surface area (TPSA) is 90.1 Å². The molecule has 1 saturated heterocycles. The molecule has 0 aliphatic carbocycles. The van der Waals surface area contributed by atoms with E-state index in [-0.39, 0.29) is 19.4 Å². The van der Waals surface area contributed by atoms with Crippen LogP contribution in [0.1, 0.15) is 40.5 Å². The fraction of sp³-hybridized carbons (Fsp3) is 0.944. The minimum atomic E-state index is -2.84. The van der Waals surface area contributed by atoms with Crippen molar-refractivity contribution in [2.45, 2.75) is 70.0 Å². The first-order valence-electron chi connectivity index (χ1n) is 9.81. The third-order valence-electron chi connectivity index (χ3n) is 3.94. The molecule has 1 heterocycles. The van der Waals surface area contributed by atoms with E-state index in [1.807, 2.05) is 0 Å². The number of rotatable bonds is 12. The van der Waals surface area contributed by atoms with Gasteiger partial charge in [0.25, 0.3) is 5.92 Å². The van der Waals surface area contributed by atoms with Crippen LogP contribution in [0.25, 0.3) is 0 Å². The summed E-state index contributed by atoms with van der Waals surface area (Å²) in [6.07, 6.45) is -1.21. The number of amides is 1. The van der Waals surface area contributed by atoms with Crippen molar-refractivity contribution in [2.24, 2.45) is 0 Å². The van der Waals surface area contributed by atoms with Gasteiger partial charge in [-0.2, -0.15) is 0 Å². The summed E-state index contributed by atoms with van der Waals surface area (Å²) >= 11 is 5.93. The van der Waals surface area contributed by atoms with E-state index in [2.05, 4.69) is 16.0 Å². The zero-order chi connectivity index (χ0) is 21.9. The van der Waals surface area contributed by atoms with Crippen molar-refractivity contribution in [3.05, 3.63) is 0 Å². The van der Waals surface area contributed by atoms with E-state index < -0.39 is 35.5 Å². The number of alkyl carbamates (subject to hydrolysis) is 1. The van der Waals surface area contributed by atoms with Gasteiger partial charge in [0.1, 0.15) is 17.5 Å². The molecule has 11 heteroatoms. The molecule has 1 aliphatic rings. The zero-order valence-corrected chi connectivity index (χ0v) is 18.3. The average molecular weight is 446 g/mol. The van der Waals surface area contributed by atoms with Crippen LogP contribution in [0.5, 0.6) is 0 Å². The van der Waals surface area contributed by atoms with E-state index in [1.54, 1.807) is 20.8 Å². The molecule has 1 amide bonds. The van der Waals surface area contributed by atoms with Crippen molar-refractivity contribution in [2.75, 3.05) is 39.6 Å². The molecule has 1 aliphatic heterocycles. The highest BCUT2D eigenvalue weighted by Crippen LogP contribution is 2.28. The summed E-state index contributed by atoms with van der Waals surface area (Å²) in [5.74, 6) is -2.84. The maximum atomic E-state index is 13.8. The van der Waals surface area contributed by atoms with Gasteiger partial charge in [0.15, 0.2) is 0 Å². The summed E-state index contributed by atoms with van der Waals surface area (Å²) in [4.78, 5) is 11.4. The lowest BCUT2D eigenvalue weighted by Gasteiger charge is -2.38. The fourth-order valence-electron chi connectivity index (χ4n) is 2.51. The SMILES string of the molecule is CCC(F)(F)C1CC(OCCOCCOCCNC(=O)OC(C)(C)C)NC(Cl)N1. The minimum absolute atomic E-state index is 0.109. The number of halogens is 3. The Morgan fingerprint density at radius 1 is 1.10 bits per heavy atom. The molecular formula is C18H34ClF2N3O5. The quantitative estimate of drug-likeness (QED) is 0.241. The molecule has 172 valence electrons. The maximum absolute atomic E-state index is 13.8. The molecule has 0 aromatic heterocycles. The van der Waals surface area contributed by atoms with Gasteiger partial charge in [0.2, 0.25) is 0 Å². The van der Waals surface area contributed by atoms with Gasteiger partial charge in [0.05, 0.1) is 39.1 Å². The van der Waals surface area contributed by atoms with E-state index in [0.29, 0.717) is 33.0 Å². The van der Waals surface area contributed by atoms with Crippen LogP contribution in [0.2, 0.25) is 0 Å². The first kappa shape index (κ1) is 26.3. The number of hydrogen-bond donors (Lipinski definition) is 3. The van der Waals surface area contributed by atoms with Gasteiger partial charge in [-0.05, 0) is 20.8 Å². The molecule has 0 bridgehead atoms. The standard InChI is InChI=1S/C18H34ClF2N3O5/c1-5-18(20,21)13-12-14(24-15(19)23-13)28-11-10-27-9-8-26-7-6-22-16(25)29-17(2,3)4/h13-15,23-24H,5-12H2,1-4H3,(H,22,25). The Hall–Kier alpha value is -0.780. The van der Waals surface area contributed by atoms with Crippen molar-refractivity contribution in [3.8, 4) is 0 Å². The van der Waals surface area contributed by atoms with E-state index in [0.717, 1.165) is 0 Å². The second kappa shape index (κ2) is 12.8. The fourth-order valence-corrected chi connectivity index (χ4v) is 2.80. The molecule has 3 N–H and O–H groups in total. The van der Waals surface area contributed by atoms with Crippen LogP contribution < -0.4 is 16.0 Å². The summed E-state index contributed by atoms with van der Waals surface area (Å²) in [6, 6.07) is -1.04. The average Bonchev–Trinajstić information content (AvgIpc) is 2.61. The normalized spacial score (nSPS) is 23.1. The van der Waals surface area contributed by atoms with Crippen LogP contribution in [-0.2, 0) is 18.9 Å². The maximum Gasteiger partial charge on any atom is 0.407 e. The molecule has 0 spiro atoms. The van der Waals surface area contributed by atoms with Crippen molar-refractivity contribution in [1.82, 2.24) is 16.0 Å². The van der Waals surface area contributed by atoms with Crippen LogP contribution in [0.3, 0.4) is 0 Å². The van der Waals surface area contributed by atoms with E-state index in [9.17, 15) is 13.6 Å². The van der Waals surface area contributed by atoms with Crippen LogP contribution in [-0.4, -0.2) is 75.1 Å². The van der Waals surface area contributed by atoms with Crippen molar-refractivity contribution >= 4 is 17.7 Å². The first-order chi connectivity index (χ1) is 13.5. The summed E-state index contributed by atoms with van der Waals surface area (Å²) in [6.45, 7) is 8.73. The highest BCUT2D eigenvalue weighted by molar-refractivity contribution is 6.20.